The van der Waals surface area contributed by atoms with Crippen LogP contribution in [0.15, 0.2) is 0 Å². The first-order valence-corrected chi connectivity index (χ1v) is 5.49. The first kappa shape index (κ1) is 12.4. The molecule has 0 aliphatic carbocycles. The SMILES string of the molecule is CC[C@@](C)(C(=O)NN)N1CCN(C)CC1. The third-order valence-corrected chi connectivity index (χ3v) is 3.51. The molecule has 5 heteroatoms. The first-order valence-electron chi connectivity index (χ1n) is 5.49. The monoisotopic (exact) mass is 214 g/mol. The fourth-order valence-corrected chi connectivity index (χ4v) is 1.98. The van der Waals surface area contributed by atoms with Crippen molar-refractivity contribution in [2.45, 2.75) is 25.8 Å². The summed E-state index contributed by atoms with van der Waals surface area (Å²) in [5, 5.41) is 0. The van der Waals surface area contributed by atoms with Crippen LogP contribution in [0.2, 0.25) is 0 Å². The Hall–Kier alpha value is -0.650. The van der Waals surface area contributed by atoms with E-state index >= 15 is 0 Å². The average molecular weight is 214 g/mol. The van der Waals surface area contributed by atoms with Crippen LogP contribution < -0.4 is 11.3 Å². The van der Waals surface area contributed by atoms with Crippen LogP contribution in [0.3, 0.4) is 0 Å². The highest BCUT2D eigenvalue weighted by molar-refractivity contribution is 5.85. The van der Waals surface area contributed by atoms with Gasteiger partial charge in [-0.3, -0.25) is 15.1 Å². The summed E-state index contributed by atoms with van der Waals surface area (Å²) in [4.78, 5) is 16.2. The van der Waals surface area contributed by atoms with Gasteiger partial charge in [-0.25, -0.2) is 5.84 Å². The molecule has 1 fully saturated rings. The van der Waals surface area contributed by atoms with Gasteiger partial charge in [-0.2, -0.15) is 0 Å². The van der Waals surface area contributed by atoms with Crippen LogP contribution in [-0.4, -0.2) is 54.5 Å². The van der Waals surface area contributed by atoms with E-state index < -0.39 is 5.54 Å². The fraction of sp³-hybridized carbons (Fsp3) is 0.900. The van der Waals surface area contributed by atoms with Gasteiger partial charge < -0.3 is 4.90 Å². The third kappa shape index (κ3) is 2.48. The van der Waals surface area contributed by atoms with Crippen molar-refractivity contribution in [2.75, 3.05) is 33.2 Å². The molecule has 15 heavy (non-hydrogen) atoms. The van der Waals surface area contributed by atoms with Crippen molar-refractivity contribution in [2.24, 2.45) is 5.84 Å². The number of piperazine rings is 1. The predicted octanol–water partition coefficient (Wildman–Crippen LogP) is -0.608. The van der Waals surface area contributed by atoms with Crippen molar-refractivity contribution >= 4 is 5.91 Å². The highest BCUT2D eigenvalue weighted by Gasteiger charge is 2.38. The number of nitrogens with two attached hydrogens (primary N) is 1. The van der Waals surface area contributed by atoms with E-state index in [0.29, 0.717) is 0 Å². The number of hydrogen-bond acceptors (Lipinski definition) is 4. The Balaban J connectivity index is 2.69. The molecule has 5 nitrogen and oxygen atoms in total. The topological polar surface area (TPSA) is 61.6 Å². The van der Waals surface area contributed by atoms with E-state index in [1.807, 2.05) is 13.8 Å². The molecule has 0 unspecified atom stereocenters. The molecular formula is C10H22N4O. The molecule has 1 aliphatic rings. The van der Waals surface area contributed by atoms with Crippen molar-refractivity contribution in [3.05, 3.63) is 0 Å². The number of nitrogens with one attached hydrogen (secondary N) is 1. The second kappa shape index (κ2) is 4.92. The number of rotatable bonds is 3. The van der Waals surface area contributed by atoms with Crippen LogP contribution in [0.1, 0.15) is 20.3 Å². The molecule has 1 saturated heterocycles. The molecule has 0 aromatic rings. The van der Waals surface area contributed by atoms with Gasteiger partial charge in [0.2, 0.25) is 0 Å². The maximum absolute atomic E-state index is 11.8. The normalized spacial score (nSPS) is 23.5. The average Bonchev–Trinajstić information content (AvgIpc) is 2.27. The van der Waals surface area contributed by atoms with Gasteiger partial charge in [-0.05, 0) is 20.4 Å². The van der Waals surface area contributed by atoms with Gasteiger partial charge in [-0.1, -0.05) is 6.92 Å². The van der Waals surface area contributed by atoms with E-state index in [1.165, 1.54) is 0 Å². The van der Waals surface area contributed by atoms with Crippen LogP contribution in [0.4, 0.5) is 0 Å². The molecule has 1 heterocycles. The van der Waals surface area contributed by atoms with Gasteiger partial charge in [0.15, 0.2) is 0 Å². The molecule has 1 rings (SSSR count). The Morgan fingerprint density at radius 3 is 2.33 bits per heavy atom. The van der Waals surface area contributed by atoms with E-state index in [4.69, 9.17) is 5.84 Å². The van der Waals surface area contributed by atoms with Crippen molar-refractivity contribution in [1.82, 2.24) is 15.2 Å². The minimum Gasteiger partial charge on any atom is -0.304 e. The lowest BCUT2D eigenvalue weighted by Crippen LogP contribution is -2.62. The number of carbonyl (C=O) groups is 1. The number of likely N-dealkylation sites (N-methyl/N-ethyl adjacent to an activating group) is 1. The number of hydrogen-bond donors (Lipinski definition) is 2. The molecule has 0 aromatic heterocycles. The van der Waals surface area contributed by atoms with E-state index in [1.54, 1.807) is 0 Å². The van der Waals surface area contributed by atoms with Crippen molar-refractivity contribution in [3.63, 3.8) is 0 Å². The number of hydrazine groups is 1. The second-order valence-corrected chi connectivity index (χ2v) is 4.39. The maximum Gasteiger partial charge on any atom is 0.254 e. The third-order valence-electron chi connectivity index (χ3n) is 3.51. The summed E-state index contributed by atoms with van der Waals surface area (Å²) < 4.78 is 0. The number of amides is 1. The molecule has 0 bridgehead atoms. The van der Waals surface area contributed by atoms with E-state index in [9.17, 15) is 4.79 Å². The molecule has 1 amide bonds. The van der Waals surface area contributed by atoms with Gasteiger partial charge in [-0.15, -0.1) is 0 Å². The molecule has 0 spiro atoms. The Morgan fingerprint density at radius 1 is 1.40 bits per heavy atom. The van der Waals surface area contributed by atoms with Crippen molar-refractivity contribution < 1.29 is 4.79 Å². The Kier molecular flexibility index (Phi) is 4.07. The van der Waals surface area contributed by atoms with Gasteiger partial charge in [0.1, 0.15) is 0 Å². The zero-order chi connectivity index (χ0) is 11.5. The van der Waals surface area contributed by atoms with Gasteiger partial charge in [0.05, 0.1) is 5.54 Å². The van der Waals surface area contributed by atoms with E-state index in [0.717, 1.165) is 32.6 Å². The smallest absolute Gasteiger partial charge is 0.254 e. The molecule has 3 N–H and O–H groups in total. The summed E-state index contributed by atoms with van der Waals surface area (Å²) in [6.07, 6.45) is 0.778. The predicted molar refractivity (Wildman–Crippen MR) is 60.1 cm³/mol. The molecule has 0 saturated carbocycles. The summed E-state index contributed by atoms with van der Waals surface area (Å²) >= 11 is 0. The zero-order valence-electron chi connectivity index (χ0n) is 9.92. The molecule has 0 aromatic carbocycles. The molecule has 1 atom stereocenters. The van der Waals surface area contributed by atoms with Gasteiger partial charge in [0.25, 0.3) is 5.91 Å². The number of nitrogens with zero attached hydrogens (tertiary/aromatic N) is 2. The summed E-state index contributed by atoms with van der Waals surface area (Å²) in [7, 11) is 2.10. The van der Waals surface area contributed by atoms with Crippen LogP contribution in [-0.2, 0) is 4.79 Å². The highest BCUT2D eigenvalue weighted by Crippen LogP contribution is 2.20. The Labute approximate surface area is 91.6 Å². The summed E-state index contributed by atoms with van der Waals surface area (Å²) in [6, 6.07) is 0. The van der Waals surface area contributed by atoms with Gasteiger partial charge >= 0.3 is 0 Å². The molecule has 1 aliphatic heterocycles. The quantitative estimate of drug-likeness (QED) is 0.374. The summed E-state index contributed by atoms with van der Waals surface area (Å²) in [5.41, 5.74) is 1.81. The second-order valence-electron chi connectivity index (χ2n) is 4.39. The lowest BCUT2D eigenvalue weighted by Gasteiger charge is -2.43. The minimum atomic E-state index is -0.462. The van der Waals surface area contributed by atoms with E-state index in [-0.39, 0.29) is 5.91 Å². The standard InChI is InChI=1S/C10H22N4O/c1-4-10(2,9(15)12-11)14-7-5-13(3)6-8-14/h4-8,11H2,1-3H3,(H,12,15)/t10-/m0/s1. The summed E-state index contributed by atoms with van der Waals surface area (Å²) in [5.74, 6) is 5.14. The first-order chi connectivity index (χ1) is 7.04. The van der Waals surface area contributed by atoms with Crippen LogP contribution in [0.5, 0.6) is 0 Å². The fourth-order valence-electron chi connectivity index (χ4n) is 1.98. The van der Waals surface area contributed by atoms with Crippen LogP contribution in [0, 0.1) is 0 Å². The van der Waals surface area contributed by atoms with Crippen molar-refractivity contribution in [3.8, 4) is 0 Å². The Bertz CT molecular complexity index is 225. The molecule has 88 valence electrons. The minimum absolute atomic E-state index is 0.0884. The van der Waals surface area contributed by atoms with Gasteiger partial charge in [0, 0.05) is 26.2 Å². The van der Waals surface area contributed by atoms with E-state index in [2.05, 4.69) is 22.3 Å². The molecule has 0 radical (unpaired) electrons. The lowest BCUT2D eigenvalue weighted by atomic mass is 9.94. The largest absolute Gasteiger partial charge is 0.304 e. The summed E-state index contributed by atoms with van der Waals surface area (Å²) in [6.45, 7) is 7.84. The van der Waals surface area contributed by atoms with Crippen molar-refractivity contribution in [1.29, 1.82) is 0 Å². The van der Waals surface area contributed by atoms with Crippen LogP contribution in [0.25, 0.3) is 0 Å². The molecular weight excluding hydrogens is 192 g/mol. The lowest BCUT2D eigenvalue weighted by molar-refractivity contribution is -0.134. The highest BCUT2D eigenvalue weighted by atomic mass is 16.2. The van der Waals surface area contributed by atoms with Crippen LogP contribution >= 0.6 is 0 Å². The maximum atomic E-state index is 11.8. The zero-order valence-corrected chi connectivity index (χ0v) is 9.92. The number of carbonyl (C=O) groups excluding carboxylic acids is 1. The Morgan fingerprint density at radius 2 is 1.93 bits per heavy atom.